The lowest BCUT2D eigenvalue weighted by Crippen LogP contribution is -2.19. The van der Waals surface area contributed by atoms with E-state index in [1.807, 2.05) is 11.8 Å². The lowest BCUT2D eigenvalue weighted by atomic mass is 10.1. The molecular formula is C15H14FNO2. The first-order valence-corrected chi connectivity index (χ1v) is 5.99. The van der Waals surface area contributed by atoms with Crippen LogP contribution in [-0.2, 0) is 0 Å². The van der Waals surface area contributed by atoms with Crippen molar-refractivity contribution in [3.63, 3.8) is 0 Å². The van der Waals surface area contributed by atoms with E-state index in [1.54, 1.807) is 36.4 Å². The Morgan fingerprint density at radius 3 is 2.37 bits per heavy atom. The Morgan fingerprint density at radius 1 is 1.16 bits per heavy atom. The Labute approximate surface area is 110 Å². The van der Waals surface area contributed by atoms with Gasteiger partial charge in [-0.15, -0.1) is 0 Å². The number of benzene rings is 2. The summed E-state index contributed by atoms with van der Waals surface area (Å²) in [7, 11) is 0. The normalized spacial score (nSPS) is 10.2. The zero-order valence-corrected chi connectivity index (χ0v) is 10.5. The zero-order chi connectivity index (χ0) is 13.8. The average molecular weight is 259 g/mol. The molecule has 0 aromatic heterocycles. The molecular weight excluding hydrogens is 245 g/mol. The van der Waals surface area contributed by atoms with Crippen molar-refractivity contribution in [2.45, 2.75) is 6.92 Å². The molecule has 0 saturated carbocycles. The van der Waals surface area contributed by atoms with Crippen LogP contribution >= 0.6 is 0 Å². The second-order valence-electron chi connectivity index (χ2n) is 4.04. The molecule has 3 nitrogen and oxygen atoms in total. The Kier molecular flexibility index (Phi) is 3.80. The van der Waals surface area contributed by atoms with E-state index < -0.39 is 5.97 Å². The number of halogens is 1. The van der Waals surface area contributed by atoms with Crippen molar-refractivity contribution in [2.24, 2.45) is 0 Å². The molecule has 0 unspecified atom stereocenters. The van der Waals surface area contributed by atoms with Crippen molar-refractivity contribution in [1.29, 1.82) is 0 Å². The van der Waals surface area contributed by atoms with E-state index in [1.165, 1.54) is 12.1 Å². The average Bonchev–Trinajstić information content (AvgIpc) is 2.42. The molecule has 0 amide bonds. The van der Waals surface area contributed by atoms with Crippen molar-refractivity contribution in [1.82, 2.24) is 0 Å². The SMILES string of the molecule is CCN(c1ccc(F)cc1)c1ccccc1C(=O)O. The molecule has 1 N–H and O–H groups in total. The molecule has 98 valence electrons. The van der Waals surface area contributed by atoms with E-state index in [4.69, 9.17) is 0 Å². The molecule has 0 heterocycles. The highest BCUT2D eigenvalue weighted by atomic mass is 19.1. The van der Waals surface area contributed by atoms with Crippen LogP contribution < -0.4 is 4.90 Å². The zero-order valence-electron chi connectivity index (χ0n) is 10.5. The van der Waals surface area contributed by atoms with Crippen LogP contribution in [0.4, 0.5) is 15.8 Å². The molecule has 19 heavy (non-hydrogen) atoms. The first kappa shape index (κ1) is 13.1. The second kappa shape index (κ2) is 5.52. The molecule has 4 heteroatoms. The third-order valence-electron chi connectivity index (χ3n) is 2.88. The highest BCUT2D eigenvalue weighted by molar-refractivity contribution is 5.95. The maximum absolute atomic E-state index is 13.0. The number of carbonyl (C=O) groups is 1. The number of anilines is 2. The summed E-state index contributed by atoms with van der Waals surface area (Å²) in [6.07, 6.45) is 0. The predicted molar refractivity (Wildman–Crippen MR) is 72.5 cm³/mol. The van der Waals surface area contributed by atoms with Gasteiger partial charge in [-0.05, 0) is 43.3 Å². The number of hydrogen-bond donors (Lipinski definition) is 1. The lowest BCUT2D eigenvalue weighted by Gasteiger charge is -2.24. The molecule has 2 aromatic rings. The van der Waals surface area contributed by atoms with Crippen molar-refractivity contribution in [2.75, 3.05) is 11.4 Å². The monoisotopic (exact) mass is 259 g/mol. The van der Waals surface area contributed by atoms with Crippen LogP contribution in [-0.4, -0.2) is 17.6 Å². The van der Waals surface area contributed by atoms with Crippen molar-refractivity contribution in [3.05, 3.63) is 59.9 Å². The van der Waals surface area contributed by atoms with E-state index in [0.29, 0.717) is 12.2 Å². The number of rotatable bonds is 4. The highest BCUT2D eigenvalue weighted by Crippen LogP contribution is 2.28. The van der Waals surface area contributed by atoms with Gasteiger partial charge in [-0.1, -0.05) is 12.1 Å². The number of carboxylic acids is 1. The Balaban J connectivity index is 2.48. The standard InChI is InChI=1S/C15H14FNO2/c1-2-17(12-9-7-11(16)8-10-12)14-6-4-3-5-13(14)15(18)19/h3-10H,2H2,1H3,(H,18,19). The summed E-state index contributed by atoms with van der Waals surface area (Å²) in [5.41, 5.74) is 1.59. The minimum absolute atomic E-state index is 0.230. The van der Waals surface area contributed by atoms with Gasteiger partial charge in [0.25, 0.3) is 0 Å². The third-order valence-corrected chi connectivity index (χ3v) is 2.88. The van der Waals surface area contributed by atoms with Crippen molar-refractivity contribution >= 4 is 17.3 Å². The maximum atomic E-state index is 13.0. The first-order chi connectivity index (χ1) is 9.13. The van der Waals surface area contributed by atoms with Gasteiger partial charge in [0.15, 0.2) is 0 Å². The van der Waals surface area contributed by atoms with Gasteiger partial charge in [-0.3, -0.25) is 0 Å². The van der Waals surface area contributed by atoms with Gasteiger partial charge in [-0.2, -0.15) is 0 Å². The highest BCUT2D eigenvalue weighted by Gasteiger charge is 2.15. The fourth-order valence-electron chi connectivity index (χ4n) is 2.00. The number of nitrogens with zero attached hydrogens (tertiary/aromatic N) is 1. The van der Waals surface area contributed by atoms with Gasteiger partial charge in [-0.25, -0.2) is 9.18 Å². The summed E-state index contributed by atoms with van der Waals surface area (Å²) >= 11 is 0. The number of para-hydroxylation sites is 1. The predicted octanol–water partition coefficient (Wildman–Crippen LogP) is 3.68. The van der Waals surface area contributed by atoms with Crippen LogP contribution in [0.1, 0.15) is 17.3 Å². The van der Waals surface area contributed by atoms with Crippen LogP contribution in [0.25, 0.3) is 0 Å². The molecule has 2 rings (SSSR count). The van der Waals surface area contributed by atoms with Crippen LogP contribution in [0.3, 0.4) is 0 Å². The first-order valence-electron chi connectivity index (χ1n) is 5.99. The lowest BCUT2D eigenvalue weighted by molar-refractivity contribution is 0.0697. The largest absolute Gasteiger partial charge is 0.478 e. The van der Waals surface area contributed by atoms with Crippen LogP contribution in [0.5, 0.6) is 0 Å². The van der Waals surface area contributed by atoms with E-state index in [-0.39, 0.29) is 11.4 Å². The molecule has 0 aliphatic heterocycles. The van der Waals surface area contributed by atoms with Gasteiger partial charge < -0.3 is 10.0 Å². The maximum Gasteiger partial charge on any atom is 0.337 e. The van der Waals surface area contributed by atoms with Gasteiger partial charge >= 0.3 is 5.97 Å². The Morgan fingerprint density at radius 2 is 1.79 bits per heavy atom. The molecule has 0 aliphatic carbocycles. The van der Waals surface area contributed by atoms with Crippen LogP contribution in [0.15, 0.2) is 48.5 Å². The number of hydrogen-bond acceptors (Lipinski definition) is 2. The summed E-state index contributed by atoms with van der Waals surface area (Å²) in [6, 6.07) is 12.8. The minimum Gasteiger partial charge on any atom is -0.478 e. The van der Waals surface area contributed by atoms with Gasteiger partial charge in [0, 0.05) is 12.2 Å². The summed E-state index contributed by atoms with van der Waals surface area (Å²) in [5, 5.41) is 9.21. The Bertz CT molecular complexity index is 581. The van der Waals surface area contributed by atoms with Gasteiger partial charge in [0.2, 0.25) is 0 Å². The van der Waals surface area contributed by atoms with Gasteiger partial charge in [0.1, 0.15) is 5.82 Å². The smallest absolute Gasteiger partial charge is 0.337 e. The number of aromatic carboxylic acids is 1. The molecule has 0 spiro atoms. The molecule has 0 saturated heterocycles. The minimum atomic E-state index is -0.976. The summed E-state index contributed by atoms with van der Waals surface area (Å²) in [4.78, 5) is 13.1. The van der Waals surface area contributed by atoms with E-state index in [9.17, 15) is 14.3 Å². The van der Waals surface area contributed by atoms with E-state index in [0.717, 1.165) is 5.69 Å². The van der Waals surface area contributed by atoms with Crippen molar-refractivity contribution in [3.8, 4) is 0 Å². The Hall–Kier alpha value is -2.36. The van der Waals surface area contributed by atoms with E-state index >= 15 is 0 Å². The summed E-state index contributed by atoms with van der Waals surface area (Å²) in [6.45, 7) is 2.51. The third kappa shape index (κ3) is 2.73. The second-order valence-corrected chi connectivity index (χ2v) is 4.04. The molecule has 0 bridgehead atoms. The number of carboxylic acid groups (broad SMARTS) is 1. The quantitative estimate of drug-likeness (QED) is 0.910. The van der Waals surface area contributed by atoms with Gasteiger partial charge in [0.05, 0.1) is 11.3 Å². The molecule has 0 radical (unpaired) electrons. The molecule has 0 fully saturated rings. The molecule has 0 atom stereocenters. The van der Waals surface area contributed by atoms with E-state index in [2.05, 4.69) is 0 Å². The van der Waals surface area contributed by atoms with Crippen LogP contribution in [0.2, 0.25) is 0 Å². The fourth-order valence-corrected chi connectivity index (χ4v) is 2.00. The summed E-state index contributed by atoms with van der Waals surface area (Å²) in [5.74, 6) is -1.29. The van der Waals surface area contributed by atoms with Crippen molar-refractivity contribution < 1.29 is 14.3 Å². The molecule has 2 aromatic carbocycles. The van der Waals surface area contributed by atoms with Crippen LogP contribution in [0, 0.1) is 5.82 Å². The fraction of sp³-hybridized carbons (Fsp3) is 0.133. The topological polar surface area (TPSA) is 40.5 Å². The summed E-state index contributed by atoms with van der Waals surface area (Å²) < 4.78 is 13.0. The molecule has 0 aliphatic rings.